The van der Waals surface area contributed by atoms with Gasteiger partial charge in [-0.05, 0) is 43.3 Å². The van der Waals surface area contributed by atoms with Crippen molar-refractivity contribution in [3.05, 3.63) is 71.4 Å². The molecule has 0 unspecified atom stereocenters. The fourth-order valence-corrected chi connectivity index (χ4v) is 2.96. The standard InChI is InChI=1S/C16H13ClN2O3S/c1-12-2-8-15(9-3-12)23(20,21)22-16-10-11-19(18-16)14-6-4-13(17)5-7-14/h2-11H,1H3. The van der Waals surface area contributed by atoms with Crippen LogP contribution in [0.2, 0.25) is 5.02 Å². The van der Waals surface area contributed by atoms with Crippen LogP contribution in [-0.4, -0.2) is 18.2 Å². The van der Waals surface area contributed by atoms with E-state index in [0.29, 0.717) is 5.02 Å². The van der Waals surface area contributed by atoms with Crippen molar-refractivity contribution in [3.8, 4) is 11.6 Å². The fourth-order valence-electron chi connectivity index (χ4n) is 1.95. The Bertz CT molecular complexity index is 917. The van der Waals surface area contributed by atoms with Crippen LogP contribution in [-0.2, 0) is 10.1 Å². The SMILES string of the molecule is Cc1ccc(S(=O)(=O)Oc2ccn(-c3ccc(Cl)cc3)n2)cc1. The molecule has 2 aromatic carbocycles. The summed E-state index contributed by atoms with van der Waals surface area (Å²) in [6, 6.07) is 14.9. The number of hydrogen-bond acceptors (Lipinski definition) is 4. The van der Waals surface area contributed by atoms with Crippen molar-refractivity contribution in [2.75, 3.05) is 0 Å². The van der Waals surface area contributed by atoms with Crippen LogP contribution in [0.25, 0.3) is 5.69 Å². The predicted molar refractivity (Wildman–Crippen MR) is 87.6 cm³/mol. The second-order valence-corrected chi connectivity index (χ2v) is 6.91. The Morgan fingerprint density at radius 2 is 1.65 bits per heavy atom. The zero-order valence-electron chi connectivity index (χ0n) is 12.2. The Kier molecular flexibility index (Phi) is 4.11. The smallest absolute Gasteiger partial charge is 0.340 e. The molecule has 118 valence electrons. The first kappa shape index (κ1) is 15.6. The Morgan fingerprint density at radius 1 is 1.00 bits per heavy atom. The molecule has 0 N–H and O–H groups in total. The summed E-state index contributed by atoms with van der Waals surface area (Å²) in [5.41, 5.74) is 1.72. The molecule has 0 fully saturated rings. The highest BCUT2D eigenvalue weighted by molar-refractivity contribution is 7.87. The van der Waals surface area contributed by atoms with E-state index in [9.17, 15) is 8.42 Å². The van der Waals surface area contributed by atoms with E-state index in [-0.39, 0.29) is 10.8 Å². The average molecular weight is 349 g/mol. The van der Waals surface area contributed by atoms with E-state index in [0.717, 1.165) is 11.3 Å². The van der Waals surface area contributed by atoms with Gasteiger partial charge < -0.3 is 4.18 Å². The van der Waals surface area contributed by atoms with Crippen molar-refractivity contribution < 1.29 is 12.6 Å². The molecule has 0 amide bonds. The van der Waals surface area contributed by atoms with E-state index < -0.39 is 10.1 Å². The van der Waals surface area contributed by atoms with E-state index in [1.807, 2.05) is 6.92 Å². The van der Waals surface area contributed by atoms with E-state index in [4.69, 9.17) is 15.8 Å². The number of benzene rings is 2. The second kappa shape index (κ2) is 6.06. The highest BCUT2D eigenvalue weighted by Gasteiger charge is 2.18. The van der Waals surface area contributed by atoms with Gasteiger partial charge in [0.2, 0.25) is 0 Å². The number of rotatable bonds is 4. The first-order valence-corrected chi connectivity index (χ1v) is 8.55. The largest absolute Gasteiger partial charge is 0.357 e. The van der Waals surface area contributed by atoms with Gasteiger partial charge in [-0.1, -0.05) is 29.3 Å². The van der Waals surface area contributed by atoms with Gasteiger partial charge in [0.25, 0.3) is 5.88 Å². The van der Waals surface area contributed by atoms with Crippen LogP contribution in [0.1, 0.15) is 5.56 Å². The minimum absolute atomic E-state index is 0.000486. The first-order valence-electron chi connectivity index (χ1n) is 6.77. The molecule has 0 spiro atoms. The number of hydrogen-bond donors (Lipinski definition) is 0. The van der Waals surface area contributed by atoms with Crippen LogP contribution >= 0.6 is 11.6 Å². The Hall–Kier alpha value is -2.31. The maximum Gasteiger partial charge on any atom is 0.340 e. The number of nitrogens with zero attached hydrogens (tertiary/aromatic N) is 2. The van der Waals surface area contributed by atoms with Crippen LogP contribution in [0, 0.1) is 6.92 Å². The van der Waals surface area contributed by atoms with Crippen LogP contribution in [0.4, 0.5) is 0 Å². The Balaban J connectivity index is 1.83. The van der Waals surface area contributed by atoms with Crippen LogP contribution in [0.3, 0.4) is 0 Å². The third-order valence-corrected chi connectivity index (χ3v) is 4.65. The minimum Gasteiger partial charge on any atom is -0.357 e. The van der Waals surface area contributed by atoms with Gasteiger partial charge in [0.05, 0.1) is 5.69 Å². The number of halogens is 1. The maximum absolute atomic E-state index is 12.2. The molecule has 0 atom stereocenters. The van der Waals surface area contributed by atoms with Crippen LogP contribution in [0.15, 0.2) is 65.7 Å². The molecule has 1 aromatic heterocycles. The molecule has 3 rings (SSSR count). The topological polar surface area (TPSA) is 61.2 Å². The van der Waals surface area contributed by atoms with E-state index in [1.165, 1.54) is 22.9 Å². The van der Waals surface area contributed by atoms with Crippen molar-refractivity contribution in [1.82, 2.24) is 9.78 Å². The summed E-state index contributed by atoms with van der Waals surface area (Å²) in [4.78, 5) is 0.0872. The molecular weight excluding hydrogens is 336 g/mol. The third-order valence-electron chi connectivity index (χ3n) is 3.16. The van der Waals surface area contributed by atoms with E-state index >= 15 is 0 Å². The Morgan fingerprint density at radius 3 is 2.30 bits per heavy atom. The molecule has 0 aliphatic rings. The van der Waals surface area contributed by atoms with E-state index in [1.54, 1.807) is 42.6 Å². The Labute approximate surface area is 139 Å². The van der Waals surface area contributed by atoms with Crippen molar-refractivity contribution in [2.24, 2.45) is 0 Å². The van der Waals surface area contributed by atoms with Crippen molar-refractivity contribution in [3.63, 3.8) is 0 Å². The molecular formula is C16H13ClN2O3S. The zero-order chi connectivity index (χ0) is 16.4. The van der Waals surface area contributed by atoms with Gasteiger partial charge in [-0.15, -0.1) is 5.10 Å². The lowest BCUT2D eigenvalue weighted by Gasteiger charge is -2.05. The molecule has 0 saturated heterocycles. The summed E-state index contributed by atoms with van der Waals surface area (Å²) in [6.45, 7) is 1.88. The van der Waals surface area contributed by atoms with Crippen LogP contribution in [0.5, 0.6) is 5.88 Å². The lowest BCUT2D eigenvalue weighted by atomic mass is 10.2. The van der Waals surface area contributed by atoms with Gasteiger partial charge in [-0.25, -0.2) is 4.68 Å². The molecule has 0 radical (unpaired) electrons. The summed E-state index contributed by atoms with van der Waals surface area (Å²) in [7, 11) is -3.90. The van der Waals surface area contributed by atoms with E-state index in [2.05, 4.69) is 5.10 Å². The molecule has 0 aliphatic carbocycles. The van der Waals surface area contributed by atoms with Gasteiger partial charge >= 0.3 is 10.1 Å². The summed E-state index contributed by atoms with van der Waals surface area (Å²) in [6.07, 6.45) is 1.61. The molecule has 0 saturated carbocycles. The van der Waals surface area contributed by atoms with Crippen molar-refractivity contribution in [2.45, 2.75) is 11.8 Å². The molecule has 1 heterocycles. The number of aryl methyl sites for hydroxylation is 1. The molecule has 7 heteroatoms. The highest BCUT2D eigenvalue weighted by Crippen LogP contribution is 2.19. The molecule has 5 nitrogen and oxygen atoms in total. The summed E-state index contributed by atoms with van der Waals surface area (Å²) in [5.74, 6) is 0.000486. The molecule has 0 bridgehead atoms. The average Bonchev–Trinajstić information content (AvgIpc) is 2.96. The van der Waals surface area contributed by atoms with Gasteiger partial charge in [0.15, 0.2) is 0 Å². The zero-order valence-corrected chi connectivity index (χ0v) is 13.8. The fraction of sp³-hybridized carbons (Fsp3) is 0.0625. The van der Waals surface area contributed by atoms with Gasteiger partial charge in [-0.3, -0.25) is 0 Å². The van der Waals surface area contributed by atoms with Crippen LogP contribution < -0.4 is 4.18 Å². The molecule has 0 aliphatic heterocycles. The predicted octanol–water partition coefficient (Wildman–Crippen LogP) is 3.60. The molecule has 23 heavy (non-hydrogen) atoms. The second-order valence-electron chi connectivity index (χ2n) is 4.93. The first-order chi connectivity index (χ1) is 10.9. The highest BCUT2D eigenvalue weighted by atomic mass is 35.5. The molecule has 3 aromatic rings. The normalized spacial score (nSPS) is 11.4. The summed E-state index contributed by atoms with van der Waals surface area (Å²) < 4.78 is 31.0. The van der Waals surface area contributed by atoms with Gasteiger partial charge in [0, 0.05) is 17.3 Å². The number of aromatic nitrogens is 2. The summed E-state index contributed by atoms with van der Waals surface area (Å²) in [5, 5.41) is 4.72. The van der Waals surface area contributed by atoms with Crippen molar-refractivity contribution in [1.29, 1.82) is 0 Å². The van der Waals surface area contributed by atoms with Gasteiger partial charge in [0.1, 0.15) is 4.90 Å². The monoisotopic (exact) mass is 348 g/mol. The summed E-state index contributed by atoms with van der Waals surface area (Å²) >= 11 is 5.84. The maximum atomic E-state index is 12.2. The lowest BCUT2D eigenvalue weighted by molar-refractivity contribution is 0.473. The third kappa shape index (κ3) is 3.55. The van der Waals surface area contributed by atoms with Gasteiger partial charge in [-0.2, -0.15) is 8.42 Å². The minimum atomic E-state index is -3.90. The van der Waals surface area contributed by atoms with Crippen molar-refractivity contribution >= 4 is 21.7 Å². The quantitative estimate of drug-likeness (QED) is 0.676. The lowest BCUT2D eigenvalue weighted by Crippen LogP contribution is -2.10.